The second-order valence-electron chi connectivity index (χ2n) is 5.09. The van der Waals surface area contributed by atoms with Crippen molar-refractivity contribution < 1.29 is 9.59 Å². The molecule has 114 valence electrons. The van der Waals surface area contributed by atoms with E-state index in [-0.39, 0.29) is 11.8 Å². The van der Waals surface area contributed by atoms with Crippen LogP contribution in [0.5, 0.6) is 0 Å². The number of nitrogens with zero attached hydrogens (tertiary/aromatic N) is 1. The molecule has 0 bridgehead atoms. The molecule has 21 heavy (non-hydrogen) atoms. The van der Waals surface area contributed by atoms with Gasteiger partial charge in [-0.25, -0.2) is 0 Å². The summed E-state index contributed by atoms with van der Waals surface area (Å²) >= 11 is 6.09. The molecule has 0 saturated carbocycles. The van der Waals surface area contributed by atoms with Gasteiger partial charge in [0.1, 0.15) is 0 Å². The quantitative estimate of drug-likeness (QED) is 0.876. The summed E-state index contributed by atoms with van der Waals surface area (Å²) in [4.78, 5) is 25.8. The number of likely N-dealkylation sites (tertiary alicyclic amines) is 1. The van der Waals surface area contributed by atoms with E-state index in [9.17, 15) is 9.59 Å². The van der Waals surface area contributed by atoms with E-state index in [0.29, 0.717) is 29.4 Å². The van der Waals surface area contributed by atoms with Crippen LogP contribution in [0.2, 0.25) is 5.02 Å². The predicted molar refractivity (Wildman–Crippen MR) is 83.8 cm³/mol. The van der Waals surface area contributed by atoms with Crippen LogP contribution in [0.25, 0.3) is 0 Å². The van der Waals surface area contributed by atoms with Gasteiger partial charge in [0.15, 0.2) is 0 Å². The summed E-state index contributed by atoms with van der Waals surface area (Å²) in [6.45, 7) is 4.74. The van der Waals surface area contributed by atoms with Gasteiger partial charge in [-0.2, -0.15) is 0 Å². The van der Waals surface area contributed by atoms with Crippen LogP contribution < -0.4 is 10.6 Å². The molecular formula is C15H20ClN3O2. The van der Waals surface area contributed by atoms with Gasteiger partial charge >= 0.3 is 0 Å². The fraction of sp³-hybridized carbons (Fsp3) is 0.467. The normalized spacial score (nSPS) is 15.0. The van der Waals surface area contributed by atoms with Gasteiger partial charge in [0.2, 0.25) is 5.91 Å². The van der Waals surface area contributed by atoms with Gasteiger partial charge in [0.05, 0.1) is 17.1 Å². The molecule has 2 N–H and O–H groups in total. The van der Waals surface area contributed by atoms with Crippen LogP contribution in [-0.2, 0) is 4.79 Å². The monoisotopic (exact) mass is 309 g/mol. The third-order valence-corrected chi connectivity index (χ3v) is 3.71. The molecule has 1 aromatic rings. The Labute approximate surface area is 129 Å². The Morgan fingerprint density at radius 1 is 1.29 bits per heavy atom. The molecule has 1 aliphatic rings. The van der Waals surface area contributed by atoms with Crippen molar-refractivity contribution in [3.63, 3.8) is 0 Å². The van der Waals surface area contributed by atoms with Crippen molar-refractivity contribution in [2.75, 3.05) is 31.5 Å². The van der Waals surface area contributed by atoms with Crippen LogP contribution in [0.1, 0.15) is 30.1 Å². The number of nitrogens with one attached hydrogen (secondary N) is 2. The topological polar surface area (TPSA) is 61.4 Å². The minimum Gasteiger partial charge on any atom is -0.352 e. The van der Waals surface area contributed by atoms with Crippen LogP contribution >= 0.6 is 11.6 Å². The van der Waals surface area contributed by atoms with Crippen molar-refractivity contribution in [3.05, 3.63) is 28.8 Å². The lowest BCUT2D eigenvalue weighted by Gasteiger charge is -2.14. The van der Waals surface area contributed by atoms with E-state index in [2.05, 4.69) is 15.5 Å². The van der Waals surface area contributed by atoms with Gasteiger partial charge in [-0.05, 0) is 51.1 Å². The third-order valence-electron chi connectivity index (χ3n) is 3.40. The van der Waals surface area contributed by atoms with E-state index >= 15 is 0 Å². The summed E-state index contributed by atoms with van der Waals surface area (Å²) in [7, 11) is 0. The molecule has 0 atom stereocenters. The number of rotatable bonds is 5. The molecule has 0 unspecified atom stereocenters. The molecule has 2 amide bonds. The van der Waals surface area contributed by atoms with Crippen LogP contribution in [0, 0.1) is 0 Å². The molecular weight excluding hydrogens is 290 g/mol. The molecule has 6 heteroatoms. The average Bonchev–Trinajstić information content (AvgIpc) is 2.91. The minimum atomic E-state index is -0.211. The minimum absolute atomic E-state index is 0.0567. The number of hydrogen-bond donors (Lipinski definition) is 2. The Bertz CT molecular complexity index is 528. The summed E-state index contributed by atoms with van der Waals surface area (Å²) < 4.78 is 0. The highest BCUT2D eigenvalue weighted by molar-refractivity contribution is 6.34. The number of carbonyl (C=O) groups is 2. The third kappa shape index (κ3) is 4.44. The van der Waals surface area contributed by atoms with E-state index in [1.807, 2.05) is 6.92 Å². The summed E-state index contributed by atoms with van der Waals surface area (Å²) in [5, 5.41) is 5.84. The Morgan fingerprint density at radius 2 is 2.00 bits per heavy atom. The molecule has 0 spiro atoms. The lowest BCUT2D eigenvalue weighted by Crippen LogP contribution is -2.30. The maximum Gasteiger partial charge on any atom is 0.252 e. The first-order valence-corrected chi connectivity index (χ1v) is 7.58. The lowest BCUT2D eigenvalue weighted by atomic mass is 10.2. The number of benzene rings is 1. The average molecular weight is 310 g/mol. The number of anilines is 1. The highest BCUT2D eigenvalue weighted by atomic mass is 35.5. The highest BCUT2D eigenvalue weighted by Crippen LogP contribution is 2.21. The van der Waals surface area contributed by atoms with E-state index in [4.69, 9.17) is 11.6 Å². The Kier molecular flexibility index (Phi) is 5.59. The second-order valence-corrected chi connectivity index (χ2v) is 5.49. The molecule has 1 aromatic carbocycles. The number of amides is 2. The van der Waals surface area contributed by atoms with Crippen molar-refractivity contribution in [2.24, 2.45) is 0 Å². The summed E-state index contributed by atoms with van der Waals surface area (Å²) in [6, 6.07) is 4.92. The van der Waals surface area contributed by atoms with Crippen molar-refractivity contribution >= 4 is 29.1 Å². The number of halogens is 1. The first-order valence-electron chi connectivity index (χ1n) is 7.20. The molecule has 0 radical (unpaired) electrons. The molecule has 0 aliphatic carbocycles. The Hall–Kier alpha value is -1.59. The molecule has 2 rings (SSSR count). The van der Waals surface area contributed by atoms with E-state index in [1.54, 1.807) is 18.2 Å². The van der Waals surface area contributed by atoms with E-state index in [0.717, 1.165) is 25.9 Å². The summed E-state index contributed by atoms with van der Waals surface area (Å²) in [5.74, 6) is -0.267. The largest absolute Gasteiger partial charge is 0.352 e. The van der Waals surface area contributed by atoms with Gasteiger partial charge in [0, 0.05) is 12.2 Å². The summed E-state index contributed by atoms with van der Waals surface area (Å²) in [5.41, 5.74) is 1.02. The first kappa shape index (κ1) is 15.8. The Morgan fingerprint density at radius 3 is 2.62 bits per heavy atom. The van der Waals surface area contributed by atoms with Crippen LogP contribution in [0.3, 0.4) is 0 Å². The van der Waals surface area contributed by atoms with E-state index in [1.165, 1.54) is 0 Å². The molecule has 1 saturated heterocycles. The fourth-order valence-electron chi connectivity index (χ4n) is 2.38. The Balaban J connectivity index is 1.96. The zero-order chi connectivity index (χ0) is 15.2. The van der Waals surface area contributed by atoms with Crippen LogP contribution in [0.4, 0.5) is 5.69 Å². The smallest absolute Gasteiger partial charge is 0.252 e. The van der Waals surface area contributed by atoms with Gasteiger partial charge in [0.25, 0.3) is 5.91 Å². The van der Waals surface area contributed by atoms with Crippen molar-refractivity contribution in [3.8, 4) is 0 Å². The molecule has 1 aliphatic heterocycles. The predicted octanol–water partition coefficient (Wildman–Crippen LogP) is 2.12. The standard InChI is InChI=1S/C15H20ClN3O2/c1-2-17-15(21)12-6-5-11(9-13(12)16)18-14(20)10-19-7-3-4-8-19/h5-6,9H,2-4,7-8,10H2,1H3,(H,17,21)(H,18,20). The fourth-order valence-corrected chi connectivity index (χ4v) is 2.64. The van der Waals surface area contributed by atoms with Gasteiger partial charge in [-0.1, -0.05) is 11.6 Å². The number of hydrogen-bond acceptors (Lipinski definition) is 3. The van der Waals surface area contributed by atoms with Crippen molar-refractivity contribution in [1.82, 2.24) is 10.2 Å². The molecule has 5 nitrogen and oxygen atoms in total. The highest BCUT2D eigenvalue weighted by Gasteiger charge is 2.16. The van der Waals surface area contributed by atoms with Crippen molar-refractivity contribution in [1.29, 1.82) is 0 Å². The molecule has 1 fully saturated rings. The van der Waals surface area contributed by atoms with Crippen LogP contribution in [-0.4, -0.2) is 42.9 Å². The molecule has 1 heterocycles. The second kappa shape index (κ2) is 7.43. The SMILES string of the molecule is CCNC(=O)c1ccc(NC(=O)CN2CCCC2)cc1Cl. The maximum atomic E-state index is 11.9. The molecule has 0 aromatic heterocycles. The zero-order valence-corrected chi connectivity index (χ0v) is 12.9. The van der Waals surface area contributed by atoms with Crippen molar-refractivity contribution in [2.45, 2.75) is 19.8 Å². The van der Waals surface area contributed by atoms with Crippen LogP contribution in [0.15, 0.2) is 18.2 Å². The van der Waals surface area contributed by atoms with Gasteiger partial charge in [-0.15, -0.1) is 0 Å². The first-order chi connectivity index (χ1) is 10.1. The zero-order valence-electron chi connectivity index (χ0n) is 12.1. The number of carbonyl (C=O) groups excluding carboxylic acids is 2. The van der Waals surface area contributed by atoms with Gasteiger partial charge < -0.3 is 10.6 Å². The van der Waals surface area contributed by atoms with E-state index < -0.39 is 0 Å². The summed E-state index contributed by atoms with van der Waals surface area (Å²) in [6.07, 6.45) is 2.31. The van der Waals surface area contributed by atoms with Gasteiger partial charge in [-0.3, -0.25) is 14.5 Å². The maximum absolute atomic E-state index is 11.9. The lowest BCUT2D eigenvalue weighted by molar-refractivity contribution is -0.117.